The quantitative estimate of drug-likeness (QED) is 0.534. The lowest BCUT2D eigenvalue weighted by Gasteiger charge is -2.11. The number of rotatable bonds is 4. The van der Waals surface area contributed by atoms with Gasteiger partial charge in [0, 0.05) is 36.4 Å². The highest BCUT2D eigenvalue weighted by Gasteiger charge is 2.07. The van der Waals surface area contributed by atoms with Gasteiger partial charge in [0.25, 0.3) is 0 Å². The molecule has 0 aliphatic rings. The molecule has 2 aromatic heterocycles. The molecule has 0 atom stereocenters. The van der Waals surface area contributed by atoms with Crippen LogP contribution in [0.3, 0.4) is 0 Å². The lowest BCUT2D eigenvalue weighted by Crippen LogP contribution is -2.04. The van der Waals surface area contributed by atoms with Crippen molar-refractivity contribution in [2.75, 3.05) is 0 Å². The van der Waals surface area contributed by atoms with Crippen molar-refractivity contribution in [3.8, 4) is 6.07 Å². The lowest BCUT2D eigenvalue weighted by molar-refractivity contribution is 0.757. The van der Waals surface area contributed by atoms with Gasteiger partial charge in [-0.2, -0.15) is 5.26 Å². The molecular weight excluding hydrogens is 318 g/mol. The first-order valence-electron chi connectivity index (χ1n) is 8.70. The van der Waals surface area contributed by atoms with E-state index in [1.165, 1.54) is 16.8 Å². The van der Waals surface area contributed by atoms with E-state index < -0.39 is 0 Å². The van der Waals surface area contributed by atoms with Crippen molar-refractivity contribution in [2.24, 2.45) is 0 Å². The van der Waals surface area contributed by atoms with Gasteiger partial charge in [0.1, 0.15) is 0 Å². The van der Waals surface area contributed by atoms with Gasteiger partial charge in [-0.25, -0.2) is 0 Å². The van der Waals surface area contributed by atoms with Crippen LogP contribution in [0.15, 0.2) is 73.1 Å². The van der Waals surface area contributed by atoms with E-state index in [0.717, 1.165) is 29.4 Å². The monoisotopic (exact) mass is 337 g/mol. The van der Waals surface area contributed by atoms with Gasteiger partial charge in [-0.1, -0.05) is 35.9 Å². The van der Waals surface area contributed by atoms with E-state index >= 15 is 0 Å². The zero-order chi connectivity index (χ0) is 17.9. The zero-order valence-electron chi connectivity index (χ0n) is 14.7. The molecule has 0 saturated heterocycles. The third kappa shape index (κ3) is 3.22. The molecule has 4 aromatic rings. The Hall–Kier alpha value is -3.38. The van der Waals surface area contributed by atoms with Gasteiger partial charge >= 0.3 is 0 Å². The number of pyridine rings is 1. The number of aryl methyl sites for hydroxylation is 1. The highest BCUT2D eigenvalue weighted by Crippen LogP contribution is 2.19. The maximum atomic E-state index is 9.33. The van der Waals surface area contributed by atoms with Crippen LogP contribution in [0.4, 0.5) is 0 Å². The molecule has 0 saturated carbocycles. The number of nitriles is 1. The van der Waals surface area contributed by atoms with Crippen LogP contribution in [0.25, 0.3) is 10.9 Å². The lowest BCUT2D eigenvalue weighted by atomic mass is 10.1. The van der Waals surface area contributed by atoms with E-state index in [9.17, 15) is 5.26 Å². The fraction of sp³-hybridized carbons (Fsp3) is 0.130. The normalized spacial score (nSPS) is 10.8. The third-order valence-corrected chi connectivity index (χ3v) is 4.69. The predicted octanol–water partition coefficient (Wildman–Crippen LogP) is 4.86. The molecule has 3 heteroatoms. The summed E-state index contributed by atoms with van der Waals surface area (Å²) in [6.45, 7) is 2.85. The topological polar surface area (TPSA) is 41.6 Å². The molecular formula is C23H19N3. The minimum atomic E-state index is 0.671. The maximum absolute atomic E-state index is 9.33. The summed E-state index contributed by atoms with van der Waals surface area (Å²) < 4.78 is 2.25. The summed E-state index contributed by atoms with van der Waals surface area (Å²) in [5, 5.41) is 10.2. The van der Waals surface area contributed by atoms with Crippen LogP contribution >= 0.6 is 0 Å². The number of fused-ring (bicyclic) bond motifs is 1. The Morgan fingerprint density at radius 3 is 2.65 bits per heavy atom. The predicted molar refractivity (Wildman–Crippen MR) is 104 cm³/mol. The first-order valence-corrected chi connectivity index (χ1v) is 8.70. The first kappa shape index (κ1) is 16.1. The molecule has 0 amide bonds. The van der Waals surface area contributed by atoms with Crippen LogP contribution < -0.4 is 0 Å². The van der Waals surface area contributed by atoms with Crippen LogP contribution in [0.5, 0.6) is 0 Å². The Bertz CT molecular complexity index is 1100. The zero-order valence-corrected chi connectivity index (χ0v) is 14.7. The first-order chi connectivity index (χ1) is 12.7. The number of benzene rings is 2. The molecule has 2 aromatic carbocycles. The maximum Gasteiger partial charge on any atom is 0.0998 e. The van der Waals surface area contributed by atoms with Crippen LogP contribution in [0.1, 0.15) is 27.9 Å². The van der Waals surface area contributed by atoms with Crippen molar-refractivity contribution in [1.82, 2.24) is 9.55 Å². The fourth-order valence-corrected chi connectivity index (χ4v) is 3.25. The molecule has 126 valence electrons. The summed E-state index contributed by atoms with van der Waals surface area (Å²) >= 11 is 0. The van der Waals surface area contributed by atoms with E-state index in [1.807, 2.05) is 24.4 Å². The van der Waals surface area contributed by atoms with Crippen LogP contribution in [0.2, 0.25) is 0 Å². The van der Waals surface area contributed by atoms with Crippen molar-refractivity contribution in [3.05, 3.63) is 101 Å². The summed E-state index contributed by atoms with van der Waals surface area (Å²) in [4.78, 5) is 4.53. The van der Waals surface area contributed by atoms with Crippen molar-refractivity contribution in [3.63, 3.8) is 0 Å². The Morgan fingerprint density at radius 1 is 1.00 bits per heavy atom. The summed E-state index contributed by atoms with van der Waals surface area (Å²) in [7, 11) is 0. The molecule has 2 heterocycles. The van der Waals surface area contributed by atoms with Crippen LogP contribution in [0, 0.1) is 18.3 Å². The Kier molecular flexibility index (Phi) is 4.25. The van der Waals surface area contributed by atoms with Gasteiger partial charge in [0.05, 0.1) is 17.1 Å². The van der Waals surface area contributed by atoms with E-state index in [-0.39, 0.29) is 0 Å². The Balaban J connectivity index is 1.62. The Labute approximate surface area is 153 Å². The van der Waals surface area contributed by atoms with Gasteiger partial charge in [-0.05, 0) is 48.4 Å². The van der Waals surface area contributed by atoms with Gasteiger partial charge in [0.15, 0.2) is 0 Å². The smallest absolute Gasteiger partial charge is 0.0998 e. The van der Waals surface area contributed by atoms with Gasteiger partial charge in [0.2, 0.25) is 0 Å². The van der Waals surface area contributed by atoms with E-state index in [2.05, 4.69) is 71.2 Å². The number of hydrogen-bond acceptors (Lipinski definition) is 2. The second-order valence-electron chi connectivity index (χ2n) is 6.62. The molecule has 0 aliphatic carbocycles. The van der Waals surface area contributed by atoms with Crippen LogP contribution in [-0.4, -0.2) is 9.55 Å². The molecule has 26 heavy (non-hydrogen) atoms. The summed E-state index contributed by atoms with van der Waals surface area (Å²) in [5.41, 5.74) is 6.48. The molecule has 0 spiro atoms. The standard InChI is InChI=1S/C23H19N3/c1-17-7-9-18(10-8-17)12-21-5-3-11-26(21)16-19-13-22-20(14-24)4-2-6-23(22)25-15-19/h2-11,13,15H,12,16H2,1H3. The Morgan fingerprint density at radius 2 is 1.85 bits per heavy atom. The number of hydrogen-bond donors (Lipinski definition) is 0. The minimum Gasteiger partial charge on any atom is -0.347 e. The number of nitrogens with zero attached hydrogens (tertiary/aromatic N) is 3. The summed E-state index contributed by atoms with van der Waals surface area (Å²) in [5.74, 6) is 0. The molecule has 0 radical (unpaired) electrons. The minimum absolute atomic E-state index is 0.671. The molecule has 3 nitrogen and oxygen atoms in total. The second kappa shape index (κ2) is 6.85. The molecule has 0 fully saturated rings. The summed E-state index contributed by atoms with van der Waals surface area (Å²) in [6.07, 6.45) is 4.90. The SMILES string of the molecule is Cc1ccc(Cc2cccn2Cc2cnc3cccc(C#N)c3c2)cc1. The van der Waals surface area contributed by atoms with Crippen LogP contribution in [-0.2, 0) is 13.0 Å². The van der Waals surface area contributed by atoms with Gasteiger partial charge in [-0.15, -0.1) is 0 Å². The van der Waals surface area contributed by atoms with Crippen molar-refractivity contribution < 1.29 is 0 Å². The largest absolute Gasteiger partial charge is 0.347 e. The molecule has 4 rings (SSSR count). The van der Waals surface area contributed by atoms with Crippen molar-refractivity contribution in [1.29, 1.82) is 5.26 Å². The second-order valence-corrected chi connectivity index (χ2v) is 6.62. The molecule has 0 N–H and O–H groups in total. The van der Waals surface area contributed by atoms with E-state index in [0.29, 0.717) is 5.56 Å². The number of aromatic nitrogens is 2. The van der Waals surface area contributed by atoms with Crippen molar-refractivity contribution >= 4 is 10.9 Å². The fourth-order valence-electron chi connectivity index (χ4n) is 3.25. The van der Waals surface area contributed by atoms with Gasteiger partial charge in [-0.3, -0.25) is 4.98 Å². The molecule has 0 aliphatic heterocycles. The summed E-state index contributed by atoms with van der Waals surface area (Å²) in [6, 6.07) is 22.9. The average Bonchev–Trinajstić information content (AvgIpc) is 3.09. The van der Waals surface area contributed by atoms with E-state index in [1.54, 1.807) is 0 Å². The van der Waals surface area contributed by atoms with E-state index in [4.69, 9.17) is 0 Å². The average molecular weight is 337 g/mol. The van der Waals surface area contributed by atoms with Crippen molar-refractivity contribution in [2.45, 2.75) is 19.9 Å². The molecule has 0 bridgehead atoms. The highest BCUT2D eigenvalue weighted by atomic mass is 15.0. The third-order valence-electron chi connectivity index (χ3n) is 4.69. The molecule has 0 unspecified atom stereocenters. The van der Waals surface area contributed by atoms with Gasteiger partial charge < -0.3 is 4.57 Å². The highest BCUT2D eigenvalue weighted by molar-refractivity contribution is 5.85.